The van der Waals surface area contributed by atoms with Gasteiger partial charge in [-0.1, -0.05) is 20.8 Å². The Labute approximate surface area is 289 Å². The molecule has 0 atom stereocenters. The monoisotopic (exact) mass is 942 g/mol. The zero-order valence-electron chi connectivity index (χ0n) is 25.6. The molecule has 0 aromatic rings. The van der Waals surface area contributed by atoms with Gasteiger partial charge >= 0.3 is 81.2 Å². The summed E-state index contributed by atoms with van der Waals surface area (Å²) >= 11 is 0. The molecule has 4 nitrogen and oxygen atoms in total. The lowest BCUT2D eigenvalue weighted by Crippen LogP contribution is -2.80. The summed E-state index contributed by atoms with van der Waals surface area (Å²) in [6.07, 6.45) is -10.1. The van der Waals surface area contributed by atoms with E-state index < -0.39 is 125 Å². The fraction of sp³-hybridized carbons (Fsp3) is 1.00. The Morgan fingerprint density at radius 1 is 0.396 bits per heavy atom. The highest BCUT2D eigenvalue weighted by Crippen LogP contribution is 2.67. The highest BCUT2D eigenvalue weighted by Gasteiger charge is 2.99. The second-order valence-electron chi connectivity index (χ2n) is 10.4. The van der Waals surface area contributed by atoms with Gasteiger partial charge < -0.3 is 0 Å². The number of halogens is 27. The van der Waals surface area contributed by atoms with Crippen molar-refractivity contribution < 1.29 is 132 Å². The first-order chi connectivity index (χ1) is 22.2. The Bertz CT molecular complexity index is 1240. The van der Waals surface area contributed by atoms with Crippen molar-refractivity contribution in [2.75, 3.05) is 19.6 Å². The average molecular weight is 943 g/mol. The lowest BCUT2D eigenvalue weighted by Gasteiger charge is -2.49. The molecular formula is C21H23BrF26NO3S+. The van der Waals surface area contributed by atoms with Crippen molar-refractivity contribution in [1.29, 1.82) is 0 Å². The third kappa shape index (κ3) is 8.47. The standard InChI is InChI=1S/C20H21F23N.CHF3O3S.BrH/c1-4-7-44(8-5-2,9-6-3)20(42,43)18(37,38)16(33,34)14(29,30)12(25,26)10(21,22)11(23,24)13(27,28)15(31,32)17(35,36)19(39,40)41;2-1(3,4)8(5,6)7;/h4-9H2,1-3H3;(H,5,6,7);1H/q+1;;. The van der Waals surface area contributed by atoms with Crippen LogP contribution in [0.1, 0.15) is 40.0 Å². The molecule has 0 aliphatic heterocycles. The molecule has 0 heterocycles. The van der Waals surface area contributed by atoms with Gasteiger partial charge in [0.25, 0.3) is 0 Å². The second kappa shape index (κ2) is 15.8. The summed E-state index contributed by atoms with van der Waals surface area (Å²) in [5.74, 6) is -80.6. The van der Waals surface area contributed by atoms with Gasteiger partial charge in [-0.05, 0) is 19.3 Å². The quantitative estimate of drug-likeness (QED) is 0.0552. The number of hydrogen-bond donors (Lipinski definition) is 1. The van der Waals surface area contributed by atoms with Gasteiger partial charge in [0, 0.05) is 0 Å². The van der Waals surface area contributed by atoms with Crippen LogP contribution in [-0.2, 0) is 10.1 Å². The predicted octanol–water partition coefficient (Wildman–Crippen LogP) is 10.9. The fourth-order valence-corrected chi connectivity index (χ4v) is 4.09. The van der Waals surface area contributed by atoms with Crippen LogP contribution in [0.5, 0.6) is 0 Å². The maximum absolute atomic E-state index is 15.0. The van der Waals surface area contributed by atoms with Crippen LogP contribution in [-0.4, -0.2) is 108 Å². The number of quaternary nitrogens is 1. The summed E-state index contributed by atoms with van der Waals surface area (Å²) in [6.45, 7) is -1.25. The number of nitrogens with zero attached hydrogens (tertiary/aromatic N) is 1. The molecule has 0 saturated heterocycles. The summed E-state index contributed by atoms with van der Waals surface area (Å²) in [6, 6.07) is -6.71. The molecule has 0 fully saturated rings. The summed E-state index contributed by atoms with van der Waals surface area (Å²) in [5.41, 5.74) is -5.53. The van der Waals surface area contributed by atoms with E-state index in [1.165, 1.54) is 0 Å². The van der Waals surface area contributed by atoms with Gasteiger partial charge in [0.15, 0.2) is 0 Å². The van der Waals surface area contributed by atoms with E-state index in [-0.39, 0.29) is 17.0 Å². The molecule has 53 heavy (non-hydrogen) atoms. The SMILES string of the molecule is Br.CCC[N+](CCC)(CCC)C(F)(F)C(F)(F)C(F)(F)C(F)(F)C(F)(F)C(F)(F)C(F)(F)C(F)(F)C(F)(F)C(F)(F)C(F)(F)F.O=S(=O)(O)C(F)(F)F. The van der Waals surface area contributed by atoms with E-state index in [1.54, 1.807) is 0 Å². The summed E-state index contributed by atoms with van der Waals surface area (Å²) in [7, 11) is -5.84. The molecule has 0 aromatic heterocycles. The van der Waals surface area contributed by atoms with Gasteiger partial charge in [-0.3, -0.25) is 9.04 Å². The first-order valence-electron chi connectivity index (χ1n) is 12.9. The largest absolute Gasteiger partial charge is 0.522 e. The van der Waals surface area contributed by atoms with Crippen LogP contribution in [0.3, 0.4) is 0 Å². The lowest BCUT2D eigenvalue weighted by molar-refractivity contribution is -1.02. The van der Waals surface area contributed by atoms with E-state index in [9.17, 15) is 105 Å². The highest BCUT2D eigenvalue weighted by molar-refractivity contribution is 8.93. The van der Waals surface area contributed by atoms with Gasteiger partial charge in [0.2, 0.25) is 0 Å². The first kappa shape index (κ1) is 55.9. The first-order valence-corrected chi connectivity index (χ1v) is 14.4. The van der Waals surface area contributed by atoms with Crippen molar-refractivity contribution in [2.45, 2.75) is 111 Å². The van der Waals surface area contributed by atoms with Gasteiger partial charge in [0.05, 0.1) is 19.6 Å². The minimum absolute atomic E-state index is 0. The lowest BCUT2D eigenvalue weighted by atomic mass is 9.85. The second-order valence-corrected chi connectivity index (χ2v) is 11.9. The average Bonchev–Trinajstić information content (AvgIpc) is 2.90. The highest BCUT2D eigenvalue weighted by atomic mass is 79.9. The van der Waals surface area contributed by atoms with E-state index in [0.29, 0.717) is 0 Å². The molecule has 0 radical (unpaired) electrons. The van der Waals surface area contributed by atoms with Crippen LogP contribution in [0.4, 0.5) is 114 Å². The Morgan fingerprint density at radius 2 is 0.566 bits per heavy atom. The van der Waals surface area contributed by atoms with Crippen LogP contribution in [0.2, 0.25) is 0 Å². The minimum atomic E-state index is -9.38. The molecule has 32 heteroatoms. The Kier molecular flexibility index (Phi) is 16.7. The van der Waals surface area contributed by atoms with Gasteiger partial charge in [-0.2, -0.15) is 114 Å². The Hall–Kier alpha value is -1.47. The molecule has 0 aliphatic carbocycles. The van der Waals surface area contributed by atoms with Crippen molar-refractivity contribution in [3.63, 3.8) is 0 Å². The Morgan fingerprint density at radius 3 is 0.717 bits per heavy atom. The molecule has 324 valence electrons. The van der Waals surface area contributed by atoms with Crippen LogP contribution in [0.25, 0.3) is 0 Å². The number of rotatable bonds is 16. The molecule has 1 N–H and O–H groups in total. The topological polar surface area (TPSA) is 54.4 Å². The van der Waals surface area contributed by atoms with E-state index >= 15 is 8.78 Å². The zero-order valence-corrected chi connectivity index (χ0v) is 28.1. The smallest absolute Gasteiger partial charge is 0.279 e. The van der Waals surface area contributed by atoms with Crippen molar-refractivity contribution in [3.8, 4) is 0 Å². The van der Waals surface area contributed by atoms with Crippen LogP contribution >= 0.6 is 17.0 Å². The third-order valence-corrected chi connectivity index (χ3v) is 7.32. The summed E-state index contributed by atoms with van der Waals surface area (Å²) < 4.78 is 370. The molecular weight excluding hydrogens is 920 g/mol. The zero-order chi connectivity index (χ0) is 43.2. The van der Waals surface area contributed by atoms with Gasteiger partial charge in [-0.25, -0.2) is 0 Å². The van der Waals surface area contributed by atoms with Crippen molar-refractivity contribution >= 4 is 27.1 Å². The summed E-state index contributed by atoms with van der Waals surface area (Å²) in [4.78, 5) is 0. The van der Waals surface area contributed by atoms with Gasteiger partial charge in [0.1, 0.15) is 0 Å². The maximum Gasteiger partial charge on any atom is 0.522 e. The predicted molar refractivity (Wildman–Crippen MR) is 129 cm³/mol. The molecule has 0 unspecified atom stereocenters. The van der Waals surface area contributed by atoms with Gasteiger partial charge in [-0.15, -0.1) is 25.8 Å². The molecule has 0 saturated carbocycles. The Balaban J connectivity index is -0.00000247. The van der Waals surface area contributed by atoms with Crippen LogP contribution in [0.15, 0.2) is 0 Å². The van der Waals surface area contributed by atoms with E-state index in [0.717, 1.165) is 20.8 Å². The molecule has 0 rings (SSSR count). The number of alkyl halides is 26. The number of hydrogen-bond acceptors (Lipinski definition) is 2. The van der Waals surface area contributed by atoms with Crippen LogP contribution < -0.4 is 0 Å². The van der Waals surface area contributed by atoms with E-state index in [2.05, 4.69) is 0 Å². The molecule has 0 bridgehead atoms. The van der Waals surface area contributed by atoms with Crippen molar-refractivity contribution in [1.82, 2.24) is 0 Å². The molecule has 0 spiro atoms. The van der Waals surface area contributed by atoms with Crippen molar-refractivity contribution in [3.05, 3.63) is 0 Å². The maximum atomic E-state index is 15.0. The van der Waals surface area contributed by atoms with Crippen molar-refractivity contribution in [2.24, 2.45) is 0 Å². The van der Waals surface area contributed by atoms with E-state index in [4.69, 9.17) is 13.0 Å². The normalized spacial score (nSPS) is 15.8. The third-order valence-electron chi connectivity index (χ3n) is 6.73. The summed E-state index contributed by atoms with van der Waals surface area (Å²) in [5, 5.41) is 0. The minimum Gasteiger partial charge on any atom is -0.279 e. The van der Waals surface area contributed by atoms with E-state index in [1.807, 2.05) is 0 Å². The van der Waals surface area contributed by atoms with Crippen LogP contribution in [0, 0.1) is 0 Å². The molecule has 0 amide bonds. The fourth-order valence-electron chi connectivity index (χ4n) is 4.09. The molecule has 0 aromatic carbocycles. The molecule has 0 aliphatic rings.